The molecule has 0 spiro atoms. The Morgan fingerprint density at radius 3 is 2.45 bits per heavy atom. The van der Waals surface area contributed by atoms with Gasteiger partial charge in [0.2, 0.25) is 0 Å². The molecule has 0 heterocycles. The van der Waals surface area contributed by atoms with Gasteiger partial charge in [0.1, 0.15) is 5.54 Å². The van der Waals surface area contributed by atoms with Crippen LogP contribution in [-0.2, 0) is 4.79 Å². The molecule has 5 N–H and O–H groups in total. The molecule has 0 aliphatic carbocycles. The van der Waals surface area contributed by atoms with Gasteiger partial charge in [-0.05, 0) is 6.42 Å². The molecule has 0 aliphatic rings. The van der Waals surface area contributed by atoms with Crippen LogP contribution in [0.1, 0.15) is 26.2 Å². The highest BCUT2D eigenvalue weighted by atomic mass is 16.4. The van der Waals surface area contributed by atoms with Crippen LogP contribution >= 0.6 is 0 Å². The summed E-state index contributed by atoms with van der Waals surface area (Å²) in [6.07, 6.45) is 2.20. The van der Waals surface area contributed by atoms with Crippen molar-refractivity contribution in [2.24, 2.45) is 11.5 Å². The van der Waals surface area contributed by atoms with Crippen molar-refractivity contribution in [1.29, 1.82) is 0 Å². The van der Waals surface area contributed by atoms with Gasteiger partial charge in [-0.25, -0.2) is 0 Å². The monoisotopic (exact) mass is 160 g/mol. The zero-order chi connectivity index (χ0) is 8.91. The lowest BCUT2D eigenvalue weighted by molar-refractivity contribution is -0.143. The van der Waals surface area contributed by atoms with Gasteiger partial charge < -0.3 is 16.6 Å². The van der Waals surface area contributed by atoms with E-state index in [0.29, 0.717) is 6.42 Å². The molecule has 66 valence electrons. The molecule has 0 rings (SSSR count). The van der Waals surface area contributed by atoms with Crippen molar-refractivity contribution >= 4 is 5.97 Å². The van der Waals surface area contributed by atoms with Crippen molar-refractivity contribution in [1.82, 2.24) is 0 Å². The molecule has 11 heavy (non-hydrogen) atoms. The summed E-state index contributed by atoms with van der Waals surface area (Å²) in [4.78, 5) is 10.6. The molecular weight excluding hydrogens is 144 g/mol. The summed E-state index contributed by atoms with van der Waals surface area (Å²) in [6, 6.07) is 0. The first-order valence-corrected chi connectivity index (χ1v) is 3.79. The first-order chi connectivity index (χ1) is 5.06. The molecule has 1 atom stereocenters. The average Bonchev–Trinajstić information content (AvgIpc) is 2.00. The Morgan fingerprint density at radius 1 is 1.64 bits per heavy atom. The Kier molecular flexibility index (Phi) is 4.07. The third-order valence-electron chi connectivity index (χ3n) is 1.77. The summed E-state index contributed by atoms with van der Waals surface area (Å²) >= 11 is 0. The summed E-state index contributed by atoms with van der Waals surface area (Å²) in [5.41, 5.74) is 9.53. The van der Waals surface area contributed by atoms with Crippen LogP contribution in [0.5, 0.6) is 0 Å². The summed E-state index contributed by atoms with van der Waals surface area (Å²) < 4.78 is 0. The number of aliphatic carboxylic acids is 1. The Hall–Kier alpha value is -0.610. The third-order valence-corrected chi connectivity index (χ3v) is 1.77. The SMILES string of the molecule is CCCC[C@@](N)(CN)C(=O)O. The van der Waals surface area contributed by atoms with Crippen LogP contribution in [0, 0.1) is 0 Å². The van der Waals surface area contributed by atoms with E-state index in [1.165, 1.54) is 0 Å². The zero-order valence-electron chi connectivity index (χ0n) is 6.84. The van der Waals surface area contributed by atoms with Gasteiger partial charge in [0, 0.05) is 6.54 Å². The maximum absolute atomic E-state index is 10.6. The van der Waals surface area contributed by atoms with Crippen LogP contribution in [0.15, 0.2) is 0 Å². The smallest absolute Gasteiger partial charge is 0.324 e. The predicted molar refractivity (Wildman–Crippen MR) is 43.1 cm³/mol. The van der Waals surface area contributed by atoms with E-state index in [1.54, 1.807) is 0 Å². The third kappa shape index (κ3) is 2.86. The molecule has 0 fully saturated rings. The number of hydrogen-bond donors (Lipinski definition) is 3. The van der Waals surface area contributed by atoms with Gasteiger partial charge in [-0.1, -0.05) is 19.8 Å². The van der Waals surface area contributed by atoms with E-state index >= 15 is 0 Å². The predicted octanol–water partition coefficient (Wildman–Crippen LogP) is -0.0826. The lowest BCUT2D eigenvalue weighted by Gasteiger charge is -2.21. The molecule has 0 amide bonds. The molecule has 0 unspecified atom stereocenters. The number of unbranched alkanes of at least 4 members (excludes halogenated alkanes) is 1. The Balaban J connectivity index is 3.99. The highest BCUT2D eigenvalue weighted by molar-refractivity contribution is 5.78. The molecule has 0 aliphatic heterocycles. The number of carbonyl (C=O) groups is 1. The number of nitrogens with two attached hydrogens (primary N) is 2. The number of carboxylic acids is 1. The fourth-order valence-corrected chi connectivity index (χ4v) is 0.789. The molecule has 0 aromatic carbocycles. The highest BCUT2D eigenvalue weighted by Crippen LogP contribution is 2.09. The van der Waals surface area contributed by atoms with E-state index in [2.05, 4.69) is 0 Å². The topological polar surface area (TPSA) is 89.3 Å². The molecule has 0 saturated heterocycles. The molecule has 0 aromatic heterocycles. The maximum atomic E-state index is 10.6. The first kappa shape index (κ1) is 10.4. The van der Waals surface area contributed by atoms with Crippen LogP contribution in [0.25, 0.3) is 0 Å². The van der Waals surface area contributed by atoms with E-state index < -0.39 is 11.5 Å². The molecule has 0 radical (unpaired) electrons. The lowest BCUT2D eigenvalue weighted by atomic mass is 9.94. The second-order valence-corrected chi connectivity index (χ2v) is 2.77. The largest absolute Gasteiger partial charge is 0.480 e. The Bertz CT molecular complexity index is 138. The van der Waals surface area contributed by atoms with Crippen molar-refractivity contribution in [3.63, 3.8) is 0 Å². The highest BCUT2D eigenvalue weighted by Gasteiger charge is 2.31. The number of rotatable bonds is 5. The average molecular weight is 160 g/mol. The second kappa shape index (κ2) is 4.31. The van der Waals surface area contributed by atoms with Crippen molar-refractivity contribution in [3.05, 3.63) is 0 Å². The van der Waals surface area contributed by atoms with Crippen LogP contribution in [0.3, 0.4) is 0 Å². The van der Waals surface area contributed by atoms with Crippen molar-refractivity contribution in [2.45, 2.75) is 31.7 Å². The van der Waals surface area contributed by atoms with E-state index in [9.17, 15) is 4.79 Å². The molecule has 4 nitrogen and oxygen atoms in total. The van der Waals surface area contributed by atoms with Gasteiger partial charge in [-0.15, -0.1) is 0 Å². The normalized spacial score (nSPS) is 15.9. The lowest BCUT2D eigenvalue weighted by Crippen LogP contribution is -2.53. The molecular formula is C7H16N2O2. The van der Waals surface area contributed by atoms with Crippen molar-refractivity contribution in [3.8, 4) is 0 Å². The van der Waals surface area contributed by atoms with Gasteiger partial charge in [0.15, 0.2) is 0 Å². The summed E-state index contributed by atoms with van der Waals surface area (Å²) in [5.74, 6) is -1.01. The summed E-state index contributed by atoms with van der Waals surface area (Å²) in [6.45, 7) is 1.99. The van der Waals surface area contributed by atoms with Crippen LogP contribution in [0.2, 0.25) is 0 Å². The minimum Gasteiger partial charge on any atom is -0.480 e. The van der Waals surface area contributed by atoms with E-state index in [0.717, 1.165) is 12.8 Å². The van der Waals surface area contributed by atoms with E-state index in [4.69, 9.17) is 16.6 Å². The van der Waals surface area contributed by atoms with Gasteiger partial charge in [0.25, 0.3) is 0 Å². The summed E-state index contributed by atoms with van der Waals surface area (Å²) in [7, 11) is 0. The second-order valence-electron chi connectivity index (χ2n) is 2.77. The van der Waals surface area contributed by atoms with Crippen LogP contribution < -0.4 is 11.5 Å². The fourth-order valence-electron chi connectivity index (χ4n) is 0.789. The van der Waals surface area contributed by atoms with Gasteiger partial charge in [-0.3, -0.25) is 4.79 Å². The first-order valence-electron chi connectivity index (χ1n) is 3.79. The van der Waals surface area contributed by atoms with Crippen molar-refractivity contribution in [2.75, 3.05) is 6.54 Å². The molecule has 0 aromatic rings. The minimum atomic E-state index is -1.21. The van der Waals surface area contributed by atoms with Gasteiger partial charge in [0.05, 0.1) is 0 Å². The minimum absolute atomic E-state index is 0.00231. The maximum Gasteiger partial charge on any atom is 0.324 e. The number of carboxylic acid groups (broad SMARTS) is 1. The van der Waals surface area contributed by atoms with Crippen molar-refractivity contribution < 1.29 is 9.90 Å². The quantitative estimate of drug-likeness (QED) is 0.524. The van der Waals surface area contributed by atoms with Crippen LogP contribution in [0.4, 0.5) is 0 Å². The Labute approximate surface area is 66.6 Å². The van der Waals surface area contributed by atoms with E-state index in [-0.39, 0.29) is 6.54 Å². The van der Waals surface area contributed by atoms with Gasteiger partial charge in [-0.2, -0.15) is 0 Å². The van der Waals surface area contributed by atoms with Gasteiger partial charge >= 0.3 is 5.97 Å². The fraction of sp³-hybridized carbons (Fsp3) is 0.857. The zero-order valence-corrected chi connectivity index (χ0v) is 6.84. The van der Waals surface area contributed by atoms with E-state index in [1.807, 2.05) is 6.92 Å². The number of hydrogen-bond acceptors (Lipinski definition) is 3. The molecule has 0 saturated carbocycles. The summed E-state index contributed by atoms with van der Waals surface area (Å²) in [5, 5.41) is 8.65. The standard InChI is InChI=1S/C7H16N2O2/c1-2-3-4-7(9,5-8)6(10)11/h2-5,8-9H2,1H3,(H,10,11)/t7-/m1/s1. The Morgan fingerprint density at radius 2 is 2.18 bits per heavy atom. The molecule has 4 heteroatoms. The molecule has 0 bridgehead atoms. The van der Waals surface area contributed by atoms with Crippen LogP contribution in [-0.4, -0.2) is 23.2 Å².